The Kier molecular flexibility index (Phi) is 12.5. The zero-order valence-electron chi connectivity index (χ0n) is 31.7. The molecule has 10 atom stereocenters. The number of rotatable bonds is 13. The van der Waals surface area contributed by atoms with Gasteiger partial charge in [0.05, 0.1) is 12.2 Å². The van der Waals surface area contributed by atoms with E-state index in [4.69, 9.17) is 19.9 Å². The standard InChI is InChI=1S/C41H55F2N3O9/c1-23(9-16-31(47)26-11-12-26)29-14-15-30-25(6-5-18-40(29,30)3)10-13-27-20-28(21-32(48)24(27)2)54-36(50)8-4-7-35(49)53-22-33-37(51)41(42,43)38(55-33)46-19-17-34(44)45-39(46)52/h9-10,13,16-17,19,23,26,28-33,37-38,47-48,51H,2,4-8,11-12,14-15,18,20-22H2,1,3H3,(H2,44,45,52)/b16-9+,25-10+,27-13-/t23-,28+,29?,30?,31?,32-,33?,37?,38?,40+/m0/s1. The summed E-state index contributed by atoms with van der Waals surface area (Å²) in [7, 11) is 0. The van der Waals surface area contributed by atoms with E-state index in [2.05, 4.69) is 37.6 Å². The number of aromatic nitrogens is 2. The van der Waals surface area contributed by atoms with Crippen LogP contribution in [0, 0.1) is 29.1 Å². The topological polar surface area (TPSA) is 183 Å². The summed E-state index contributed by atoms with van der Waals surface area (Å²) in [4.78, 5) is 40.6. The first-order valence-electron chi connectivity index (χ1n) is 19.6. The minimum atomic E-state index is -3.89. The van der Waals surface area contributed by atoms with E-state index in [-0.39, 0.29) is 43.0 Å². The molecular formula is C41H55F2N3O9. The van der Waals surface area contributed by atoms with Crippen molar-refractivity contribution in [2.45, 2.75) is 134 Å². The fraction of sp³-hybridized carbons (Fsp3) is 0.659. The molecule has 6 unspecified atom stereocenters. The van der Waals surface area contributed by atoms with Crippen molar-refractivity contribution in [1.82, 2.24) is 9.55 Å². The van der Waals surface area contributed by atoms with E-state index in [1.165, 1.54) is 12.0 Å². The lowest BCUT2D eigenvalue weighted by Crippen LogP contribution is -2.42. The predicted molar refractivity (Wildman–Crippen MR) is 198 cm³/mol. The Labute approximate surface area is 320 Å². The summed E-state index contributed by atoms with van der Waals surface area (Å²) in [5, 5.41) is 31.3. The minimum Gasteiger partial charge on any atom is -0.463 e. The maximum Gasteiger partial charge on any atom is 0.351 e. The number of nitrogens with zero attached hydrogens (tertiary/aromatic N) is 2. The lowest BCUT2D eigenvalue weighted by atomic mass is 9.61. The van der Waals surface area contributed by atoms with Crippen LogP contribution in [0.2, 0.25) is 0 Å². The molecule has 12 nitrogen and oxygen atoms in total. The largest absolute Gasteiger partial charge is 0.463 e. The molecule has 4 saturated carbocycles. The van der Waals surface area contributed by atoms with Gasteiger partial charge in [-0.05, 0) is 97.7 Å². The summed E-state index contributed by atoms with van der Waals surface area (Å²) in [6.07, 6.45) is 9.60. The van der Waals surface area contributed by atoms with Crippen LogP contribution in [0.25, 0.3) is 0 Å². The minimum absolute atomic E-state index is 0.0600. The van der Waals surface area contributed by atoms with Gasteiger partial charge in [0.25, 0.3) is 0 Å². The zero-order valence-corrected chi connectivity index (χ0v) is 31.7. The monoisotopic (exact) mass is 771 g/mol. The molecule has 6 rings (SSSR count). The van der Waals surface area contributed by atoms with Gasteiger partial charge in [0.15, 0.2) is 6.10 Å². The van der Waals surface area contributed by atoms with Crippen LogP contribution in [0.15, 0.2) is 64.7 Å². The molecule has 55 heavy (non-hydrogen) atoms. The summed E-state index contributed by atoms with van der Waals surface area (Å²) >= 11 is 0. The first-order valence-corrected chi connectivity index (χ1v) is 19.6. The molecule has 5 N–H and O–H groups in total. The zero-order chi connectivity index (χ0) is 39.7. The van der Waals surface area contributed by atoms with Crippen molar-refractivity contribution in [3.8, 4) is 0 Å². The Morgan fingerprint density at radius 2 is 1.91 bits per heavy atom. The number of halogens is 2. The van der Waals surface area contributed by atoms with Crippen LogP contribution in [0.3, 0.4) is 0 Å². The van der Waals surface area contributed by atoms with Gasteiger partial charge in [-0.3, -0.25) is 14.2 Å². The fourth-order valence-corrected chi connectivity index (χ4v) is 9.28. The molecule has 302 valence electrons. The highest BCUT2D eigenvalue weighted by atomic mass is 19.3. The summed E-state index contributed by atoms with van der Waals surface area (Å²) < 4.78 is 46.0. The van der Waals surface area contributed by atoms with Crippen molar-refractivity contribution in [3.05, 3.63) is 70.3 Å². The van der Waals surface area contributed by atoms with Crippen LogP contribution in [0.1, 0.15) is 97.1 Å². The van der Waals surface area contributed by atoms with Crippen LogP contribution >= 0.6 is 0 Å². The Morgan fingerprint density at radius 1 is 1.16 bits per heavy atom. The van der Waals surface area contributed by atoms with Crippen LogP contribution in [0.5, 0.6) is 0 Å². The molecule has 5 aliphatic rings. The highest BCUT2D eigenvalue weighted by Gasteiger charge is 2.60. The van der Waals surface area contributed by atoms with Gasteiger partial charge in [-0.25, -0.2) is 4.79 Å². The Balaban J connectivity index is 0.967. The summed E-state index contributed by atoms with van der Waals surface area (Å²) in [5.41, 5.74) is 7.35. The number of hydrogen-bond donors (Lipinski definition) is 4. The summed E-state index contributed by atoms with van der Waals surface area (Å²) in [5.74, 6) is -3.60. The Hall–Kier alpha value is -3.72. The van der Waals surface area contributed by atoms with E-state index >= 15 is 0 Å². The number of aliphatic hydroxyl groups excluding tert-OH is 3. The number of anilines is 1. The molecule has 0 amide bonds. The summed E-state index contributed by atoms with van der Waals surface area (Å²) in [6.45, 7) is 8.12. The molecule has 1 saturated heterocycles. The molecule has 2 heterocycles. The van der Waals surface area contributed by atoms with Gasteiger partial charge in [-0.2, -0.15) is 13.8 Å². The third-order valence-electron chi connectivity index (χ3n) is 12.6. The average molecular weight is 772 g/mol. The van der Waals surface area contributed by atoms with Gasteiger partial charge >= 0.3 is 23.6 Å². The molecule has 0 bridgehead atoms. The number of esters is 2. The maximum absolute atomic E-state index is 14.8. The number of nitrogens with two attached hydrogens (primary N) is 1. The van der Waals surface area contributed by atoms with E-state index in [9.17, 15) is 38.5 Å². The number of fused-ring (bicyclic) bond motifs is 1. The lowest BCUT2D eigenvalue weighted by Gasteiger charge is -2.44. The molecule has 4 aliphatic carbocycles. The Morgan fingerprint density at radius 3 is 2.64 bits per heavy atom. The molecule has 0 radical (unpaired) electrons. The first-order chi connectivity index (χ1) is 26.1. The number of carbonyl (C=O) groups excluding carboxylic acids is 2. The second kappa shape index (κ2) is 16.8. The number of alkyl halides is 2. The molecule has 1 aliphatic heterocycles. The van der Waals surface area contributed by atoms with Crippen LogP contribution in [-0.4, -0.2) is 79.9 Å². The van der Waals surface area contributed by atoms with Crippen LogP contribution in [-0.2, 0) is 23.8 Å². The number of carbonyl (C=O) groups is 2. The van der Waals surface area contributed by atoms with Crippen molar-refractivity contribution >= 4 is 17.8 Å². The van der Waals surface area contributed by atoms with E-state index in [1.807, 2.05) is 12.2 Å². The highest BCUT2D eigenvalue weighted by molar-refractivity contribution is 5.72. The van der Waals surface area contributed by atoms with Gasteiger partial charge in [0, 0.05) is 31.9 Å². The van der Waals surface area contributed by atoms with Crippen LogP contribution in [0.4, 0.5) is 14.6 Å². The number of ether oxygens (including phenoxy) is 3. The van der Waals surface area contributed by atoms with Crippen molar-refractivity contribution < 1.29 is 47.9 Å². The van der Waals surface area contributed by atoms with Gasteiger partial charge < -0.3 is 35.3 Å². The summed E-state index contributed by atoms with van der Waals surface area (Å²) in [6, 6.07) is 1.13. The van der Waals surface area contributed by atoms with E-state index in [0.29, 0.717) is 40.2 Å². The molecule has 1 aromatic rings. The van der Waals surface area contributed by atoms with Crippen molar-refractivity contribution in [1.29, 1.82) is 0 Å². The fourth-order valence-electron chi connectivity index (χ4n) is 9.28. The van der Waals surface area contributed by atoms with Gasteiger partial charge in [0.1, 0.15) is 24.6 Å². The number of aliphatic hydroxyl groups is 3. The third kappa shape index (κ3) is 9.13. The van der Waals surface area contributed by atoms with Crippen molar-refractivity contribution in [2.24, 2.45) is 29.1 Å². The van der Waals surface area contributed by atoms with Gasteiger partial charge in [0.2, 0.25) is 6.23 Å². The normalized spacial score (nSPS) is 34.5. The highest BCUT2D eigenvalue weighted by Crippen LogP contribution is 2.59. The van der Waals surface area contributed by atoms with Crippen LogP contribution < -0.4 is 11.4 Å². The third-order valence-corrected chi connectivity index (χ3v) is 12.6. The SMILES string of the molecule is C=C1/C(=C\C=C2/CCC[C@@]3(C)C2CCC3[C@@H](C)/C=C/C(O)C2CC2)C[C@@H](OC(=O)CCCC(=O)OCC2OC(n3ccc(N)nc3=O)C(F)(F)C2O)C[C@@H]1O. The van der Waals surface area contributed by atoms with Crippen molar-refractivity contribution in [3.63, 3.8) is 0 Å². The molecule has 5 fully saturated rings. The van der Waals surface area contributed by atoms with Gasteiger partial charge in [-0.15, -0.1) is 0 Å². The number of hydrogen-bond acceptors (Lipinski definition) is 11. The molecule has 14 heteroatoms. The average Bonchev–Trinajstić information content (AvgIpc) is 3.88. The molecule has 0 aromatic carbocycles. The van der Waals surface area contributed by atoms with E-state index in [0.717, 1.165) is 56.4 Å². The first kappa shape index (κ1) is 40.9. The second-order valence-electron chi connectivity index (χ2n) is 16.4. The van der Waals surface area contributed by atoms with Gasteiger partial charge in [-0.1, -0.05) is 50.3 Å². The number of nitrogen functional groups attached to an aromatic ring is 1. The smallest absolute Gasteiger partial charge is 0.351 e. The van der Waals surface area contributed by atoms with E-state index < -0.39 is 60.8 Å². The van der Waals surface area contributed by atoms with Crippen molar-refractivity contribution in [2.75, 3.05) is 12.3 Å². The molecular weight excluding hydrogens is 716 g/mol. The second-order valence-corrected chi connectivity index (χ2v) is 16.4. The van der Waals surface area contributed by atoms with E-state index in [1.54, 1.807) is 0 Å². The quantitative estimate of drug-likeness (QED) is 0.155. The molecule has 0 spiro atoms. The number of allylic oxidation sites excluding steroid dienone is 4. The maximum atomic E-state index is 14.8. The lowest BCUT2D eigenvalue weighted by molar-refractivity contribution is -0.152. The molecule has 1 aromatic heterocycles. The Bertz CT molecular complexity index is 1760. The predicted octanol–water partition coefficient (Wildman–Crippen LogP) is 5.09.